The lowest BCUT2D eigenvalue weighted by Gasteiger charge is -2.23. The molecule has 1 aromatic carbocycles. The Bertz CT molecular complexity index is 435. The first kappa shape index (κ1) is 14.8. The van der Waals surface area contributed by atoms with Gasteiger partial charge in [0.15, 0.2) is 6.10 Å². The van der Waals surface area contributed by atoms with Gasteiger partial charge in [-0.3, -0.25) is 0 Å². The van der Waals surface area contributed by atoms with Crippen molar-refractivity contribution in [3.8, 4) is 5.75 Å². The lowest BCUT2D eigenvalue weighted by atomic mass is 10.2. The summed E-state index contributed by atoms with van der Waals surface area (Å²) in [6.45, 7) is 9.03. The molecular formula is C14H19ClO3. The Morgan fingerprint density at radius 3 is 2.44 bits per heavy atom. The number of carbonyl (C=O) groups excluding carboxylic acids is 1. The molecular weight excluding hydrogens is 252 g/mol. The van der Waals surface area contributed by atoms with Crippen LogP contribution < -0.4 is 4.74 Å². The number of rotatable bonds is 3. The zero-order valence-corrected chi connectivity index (χ0v) is 12.2. The largest absolute Gasteiger partial charge is 0.477 e. The average molecular weight is 271 g/mol. The molecule has 0 heterocycles. The fourth-order valence-corrected chi connectivity index (χ4v) is 1.60. The summed E-state index contributed by atoms with van der Waals surface area (Å²) in [6.07, 6.45) is -0.690. The van der Waals surface area contributed by atoms with E-state index in [1.54, 1.807) is 19.1 Å². The van der Waals surface area contributed by atoms with Gasteiger partial charge in [-0.15, -0.1) is 0 Å². The number of esters is 1. The lowest BCUT2D eigenvalue weighted by Crippen LogP contribution is -2.33. The Kier molecular flexibility index (Phi) is 4.63. The minimum Gasteiger partial charge on any atom is -0.477 e. The summed E-state index contributed by atoms with van der Waals surface area (Å²) in [5, 5.41) is 0.491. The van der Waals surface area contributed by atoms with E-state index in [-0.39, 0.29) is 0 Å². The van der Waals surface area contributed by atoms with E-state index in [2.05, 4.69) is 0 Å². The summed E-state index contributed by atoms with van der Waals surface area (Å²) in [6, 6.07) is 5.42. The van der Waals surface area contributed by atoms with Crippen molar-refractivity contribution in [2.24, 2.45) is 0 Å². The highest BCUT2D eigenvalue weighted by atomic mass is 35.5. The van der Waals surface area contributed by atoms with Crippen molar-refractivity contribution >= 4 is 17.6 Å². The number of hydrogen-bond acceptors (Lipinski definition) is 3. The van der Waals surface area contributed by atoms with Crippen LogP contribution in [0.2, 0.25) is 5.02 Å². The molecule has 0 amide bonds. The highest BCUT2D eigenvalue weighted by molar-refractivity contribution is 6.32. The summed E-state index contributed by atoms with van der Waals surface area (Å²) in [7, 11) is 0. The molecule has 0 spiro atoms. The molecule has 0 aliphatic heterocycles. The van der Waals surface area contributed by atoms with Crippen molar-refractivity contribution in [3.05, 3.63) is 28.8 Å². The molecule has 0 fully saturated rings. The summed E-state index contributed by atoms with van der Waals surface area (Å²) in [5.41, 5.74) is 0.517. The Hall–Kier alpha value is -1.22. The van der Waals surface area contributed by atoms with Crippen LogP contribution in [-0.2, 0) is 9.53 Å². The molecule has 0 bridgehead atoms. The van der Waals surface area contributed by atoms with Gasteiger partial charge in [0.05, 0.1) is 5.02 Å². The van der Waals surface area contributed by atoms with Crippen LogP contribution in [0.4, 0.5) is 0 Å². The summed E-state index contributed by atoms with van der Waals surface area (Å²) >= 11 is 6.03. The van der Waals surface area contributed by atoms with Crippen LogP contribution in [0.25, 0.3) is 0 Å². The maximum atomic E-state index is 11.8. The molecule has 0 aliphatic rings. The van der Waals surface area contributed by atoms with E-state index in [4.69, 9.17) is 21.1 Å². The molecule has 0 radical (unpaired) electrons. The molecule has 1 aromatic rings. The highest BCUT2D eigenvalue weighted by Gasteiger charge is 2.23. The van der Waals surface area contributed by atoms with Crippen LogP contribution >= 0.6 is 11.6 Å². The molecule has 1 rings (SSSR count). The zero-order valence-electron chi connectivity index (χ0n) is 11.4. The molecule has 0 saturated carbocycles. The smallest absolute Gasteiger partial charge is 0.347 e. The fraction of sp³-hybridized carbons (Fsp3) is 0.500. The summed E-state index contributed by atoms with van der Waals surface area (Å²) < 4.78 is 10.7. The lowest BCUT2D eigenvalue weighted by molar-refractivity contribution is -0.162. The number of aryl methyl sites for hydroxylation is 1. The van der Waals surface area contributed by atoms with Crippen LogP contribution in [0.1, 0.15) is 33.3 Å². The molecule has 0 saturated heterocycles. The molecule has 1 unspecified atom stereocenters. The van der Waals surface area contributed by atoms with Crippen molar-refractivity contribution in [1.82, 2.24) is 0 Å². The quantitative estimate of drug-likeness (QED) is 0.785. The van der Waals surface area contributed by atoms with Crippen LogP contribution in [0.15, 0.2) is 18.2 Å². The highest BCUT2D eigenvalue weighted by Crippen LogP contribution is 2.26. The van der Waals surface area contributed by atoms with E-state index in [1.807, 2.05) is 33.8 Å². The Morgan fingerprint density at radius 2 is 1.94 bits per heavy atom. The third kappa shape index (κ3) is 4.57. The van der Waals surface area contributed by atoms with E-state index in [0.29, 0.717) is 10.8 Å². The first-order valence-electron chi connectivity index (χ1n) is 5.85. The van der Waals surface area contributed by atoms with Gasteiger partial charge in [-0.25, -0.2) is 4.79 Å². The predicted molar refractivity (Wildman–Crippen MR) is 72.1 cm³/mol. The summed E-state index contributed by atoms with van der Waals surface area (Å²) in [5.74, 6) is 0.0831. The third-order valence-corrected chi connectivity index (χ3v) is 2.43. The van der Waals surface area contributed by atoms with Gasteiger partial charge in [-0.05, 0) is 52.3 Å². The van der Waals surface area contributed by atoms with Gasteiger partial charge >= 0.3 is 5.97 Å². The van der Waals surface area contributed by atoms with Gasteiger partial charge in [-0.1, -0.05) is 17.7 Å². The van der Waals surface area contributed by atoms with Gasteiger partial charge in [0.2, 0.25) is 0 Å². The van der Waals surface area contributed by atoms with Gasteiger partial charge in [0.1, 0.15) is 11.4 Å². The van der Waals surface area contributed by atoms with E-state index < -0.39 is 17.7 Å². The van der Waals surface area contributed by atoms with E-state index in [0.717, 1.165) is 5.56 Å². The van der Waals surface area contributed by atoms with Gasteiger partial charge in [0.25, 0.3) is 0 Å². The zero-order chi connectivity index (χ0) is 13.9. The molecule has 0 aromatic heterocycles. The Labute approximate surface area is 113 Å². The third-order valence-electron chi connectivity index (χ3n) is 2.13. The molecule has 18 heavy (non-hydrogen) atoms. The minimum absolute atomic E-state index is 0.404. The minimum atomic E-state index is -0.690. The number of halogens is 1. The topological polar surface area (TPSA) is 35.5 Å². The SMILES string of the molecule is Cc1ccc(OC(C)C(=O)OC(C)(C)C)c(Cl)c1. The Morgan fingerprint density at radius 1 is 1.33 bits per heavy atom. The van der Waals surface area contributed by atoms with Crippen LogP contribution in [-0.4, -0.2) is 17.7 Å². The Balaban J connectivity index is 2.69. The maximum Gasteiger partial charge on any atom is 0.347 e. The van der Waals surface area contributed by atoms with Gasteiger partial charge in [0, 0.05) is 0 Å². The normalized spacial score (nSPS) is 13.0. The van der Waals surface area contributed by atoms with Crippen LogP contribution in [0.5, 0.6) is 5.75 Å². The van der Waals surface area contributed by atoms with Crippen molar-refractivity contribution < 1.29 is 14.3 Å². The van der Waals surface area contributed by atoms with Gasteiger partial charge < -0.3 is 9.47 Å². The standard InChI is InChI=1S/C14H19ClO3/c1-9-6-7-12(11(15)8-9)17-10(2)13(16)18-14(3,4)5/h6-8,10H,1-5H3. The summed E-state index contributed by atoms with van der Waals surface area (Å²) in [4.78, 5) is 11.8. The molecule has 1 atom stereocenters. The number of benzene rings is 1. The van der Waals surface area contributed by atoms with E-state index in [1.165, 1.54) is 0 Å². The molecule has 100 valence electrons. The number of hydrogen-bond donors (Lipinski definition) is 0. The van der Waals surface area contributed by atoms with Crippen molar-refractivity contribution in [2.45, 2.75) is 46.3 Å². The number of carbonyl (C=O) groups is 1. The molecule has 0 N–H and O–H groups in total. The van der Waals surface area contributed by atoms with Gasteiger partial charge in [-0.2, -0.15) is 0 Å². The predicted octanol–water partition coefficient (Wildman–Crippen LogP) is 3.76. The van der Waals surface area contributed by atoms with Crippen LogP contribution in [0, 0.1) is 6.92 Å². The number of ether oxygens (including phenoxy) is 2. The first-order valence-corrected chi connectivity index (χ1v) is 6.22. The average Bonchev–Trinajstić information content (AvgIpc) is 2.19. The molecule has 4 heteroatoms. The molecule has 0 aliphatic carbocycles. The van der Waals surface area contributed by atoms with Crippen LogP contribution in [0.3, 0.4) is 0 Å². The monoisotopic (exact) mass is 270 g/mol. The van der Waals surface area contributed by atoms with Crippen molar-refractivity contribution in [2.75, 3.05) is 0 Å². The van der Waals surface area contributed by atoms with Crippen molar-refractivity contribution in [3.63, 3.8) is 0 Å². The van der Waals surface area contributed by atoms with E-state index >= 15 is 0 Å². The van der Waals surface area contributed by atoms with Crippen molar-refractivity contribution in [1.29, 1.82) is 0 Å². The second-order valence-electron chi connectivity index (χ2n) is 5.23. The first-order chi connectivity index (χ1) is 8.19. The maximum absolute atomic E-state index is 11.8. The fourth-order valence-electron chi connectivity index (χ4n) is 1.32. The second kappa shape index (κ2) is 5.61. The molecule has 3 nitrogen and oxygen atoms in total. The second-order valence-corrected chi connectivity index (χ2v) is 5.63. The van der Waals surface area contributed by atoms with E-state index in [9.17, 15) is 4.79 Å².